The number of rotatable bonds is 5. The Kier molecular flexibility index (Phi) is 5.30. The third-order valence-electron chi connectivity index (χ3n) is 5.47. The van der Waals surface area contributed by atoms with Crippen LogP contribution in [0.15, 0.2) is 54.6 Å². The molecule has 5 nitrogen and oxygen atoms in total. The number of pyridine rings is 1. The van der Waals surface area contributed by atoms with Crippen LogP contribution >= 0.6 is 0 Å². The Hall–Kier alpha value is -3.21. The van der Waals surface area contributed by atoms with Gasteiger partial charge in [0.1, 0.15) is 0 Å². The van der Waals surface area contributed by atoms with Gasteiger partial charge in [-0.2, -0.15) is 0 Å². The number of hydrogen-bond acceptors (Lipinski definition) is 3. The van der Waals surface area contributed by atoms with Crippen LogP contribution in [0.25, 0.3) is 10.9 Å². The molecule has 1 saturated heterocycles. The van der Waals surface area contributed by atoms with Gasteiger partial charge in [-0.05, 0) is 37.1 Å². The highest BCUT2D eigenvalue weighted by molar-refractivity contribution is 5.98. The van der Waals surface area contributed by atoms with Crippen LogP contribution in [0.3, 0.4) is 0 Å². The molecule has 0 unspecified atom stereocenters. The minimum Gasteiger partial charge on any atom is -0.352 e. The first-order chi connectivity index (χ1) is 14.0. The molecule has 4 rings (SSSR count). The van der Waals surface area contributed by atoms with Crippen LogP contribution in [-0.2, 0) is 11.3 Å². The second kappa shape index (κ2) is 8.03. The largest absolute Gasteiger partial charge is 0.352 e. The van der Waals surface area contributed by atoms with Crippen molar-refractivity contribution in [2.45, 2.75) is 26.8 Å². The molecule has 2 heterocycles. The van der Waals surface area contributed by atoms with Crippen molar-refractivity contribution in [3.05, 3.63) is 77.0 Å². The van der Waals surface area contributed by atoms with E-state index in [0.717, 1.165) is 22.0 Å². The number of fused-ring (bicyclic) bond motifs is 1. The molecule has 2 aromatic carbocycles. The first-order valence-corrected chi connectivity index (χ1v) is 9.97. The van der Waals surface area contributed by atoms with Gasteiger partial charge >= 0.3 is 0 Å². The normalized spacial score (nSPS) is 16.4. The average molecular weight is 387 g/mol. The summed E-state index contributed by atoms with van der Waals surface area (Å²) in [6, 6.07) is 17.9. The van der Waals surface area contributed by atoms with Crippen molar-refractivity contribution in [1.29, 1.82) is 0 Å². The molecule has 3 aromatic rings. The minimum atomic E-state index is -0.133. The van der Waals surface area contributed by atoms with E-state index in [-0.39, 0.29) is 17.7 Å². The molecule has 29 heavy (non-hydrogen) atoms. The number of hydrogen-bond donors (Lipinski definition) is 1. The monoisotopic (exact) mass is 387 g/mol. The van der Waals surface area contributed by atoms with Gasteiger partial charge in [-0.15, -0.1) is 0 Å². The van der Waals surface area contributed by atoms with Gasteiger partial charge in [-0.3, -0.25) is 14.6 Å². The summed E-state index contributed by atoms with van der Waals surface area (Å²) in [6.07, 6.45) is 0.474. The van der Waals surface area contributed by atoms with E-state index in [1.165, 1.54) is 0 Å². The molecule has 5 heteroatoms. The van der Waals surface area contributed by atoms with Gasteiger partial charge in [-0.25, -0.2) is 0 Å². The van der Waals surface area contributed by atoms with Crippen LogP contribution in [0.5, 0.6) is 0 Å². The summed E-state index contributed by atoms with van der Waals surface area (Å²) in [5.74, 6) is 0.144. The van der Waals surface area contributed by atoms with Gasteiger partial charge in [0.25, 0.3) is 5.91 Å². The van der Waals surface area contributed by atoms with Crippen LogP contribution in [0.2, 0.25) is 0 Å². The molecule has 1 fully saturated rings. The number of aryl methyl sites for hydroxylation is 2. The predicted octanol–water partition coefficient (Wildman–Crippen LogP) is 3.63. The second-order valence-corrected chi connectivity index (χ2v) is 7.86. The average Bonchev–Trinajstić information content (AvgIpc) is 3.05. The van der Waals surface area contributed by atoms with Gasteiger partial charge in [0.2, 0.25) is 5.91 Å². The van der Waals surface area contributed by atoms with Gasteiger partial charge in [0.05, 0.1) is 16.8 Å². The van der Waals surface area contributed by atoms with Crippen molar-refractivity contribution >= 4 is 22.7 Å². The topological polar surface area (TPSA) is 62.3 Å². The number of aromatic nitrogens is 1. The molecule has 148 valence electrons. The van der Waals surface area contributed by atoms with Gasteiger partial charge in [0, 0.05) is 37.4 Å². The van der Waals surface area contributed by atoms with Gasteiger partial charge in [-0.1, -0.05) is 42.5 Å². The van der Waals surface area contributed by atoms with Crippen molar-refractivity contribution < 1.29 is 9.59 Å². The zero-order chi connectivity index (χ0) is 20.4. The molecule has 1 aliphatic rings. The minimum absolute atomic E-state index is 0.131. The maximum Gasteiger partial charge on any atom is 0.253 e. The summed E-state index contributed by atoms with van der Waals surface area (Å²) in [7, 11) is 0. The highest BCUT2D eigenvalue weighted by atomic mass is 16.2. The van der Waals surface area contributed by atoms with E-state index >= 15 is 0 Å². The summed E-state index contributed by atoms with van der Waals surface area (Å²) in [5.41, 5.74) is 4.48. The summed E-state index contributed by atoms with van der Waals surface area (Å²) < 4.78 is 0. The fourth-order valence-corrected chi connectivity index (χ4v) is 3.88. The highest BCUT2D eigenvalue weighted by Crippen LogP contribution is 2.21. The number of likely N-dealkylation sites (tertiary alicyclic amines) is 1. The summed E-state index contributed by atoms with van der Waals surface area (Å²) in [5, 5.41) is 3.96. The van der Waals surface area contributed by atoms with Crippen LogP contribution < -0.4 is 5.32 Å². The fraction of sp³-hybridized carbons (Fsp3) is 0.292. The lowest BCUT2D eigenvalue weighted by molar-refractivity contribution is -0.128. The number of nitrogens with zero attached hydrogens (tertiary/aromatic N) is 2. The molecular weight excluding hydrogens is 362 g/mol. The summed E-state index contributed by atoms with van der Waals surface area (Å²) >= 11 is 0. The fourth-order valence-electron chi connectivity index (χ4n) is 3.88. The number of nitrogens with one attached hydrogen (secondary N) is 1. The molecule has 0 bridgehead atoms. The van der Waals surface area contributed by atoms with E-state index in [2.05, 4.69) is 10.3 Å². The Morgan fingerprint density at radius 3 is 2.72 bits per heavy atom. The van der Waals surface area contributed by atoms with Crippen LogP contribution in [-0.4, -0.2) is 34.8 Å². The molecule has 1 aliphatic heterocycles. The van der Waals surface area contributed by atoms with Crippen molar-refractivity contribution in [1.82, 2.24) is 15.2 Å². The maximum absolute atomic E-state index is 12.7. The molecule has 1 aromatic heterocycles. The third-order valence-corrected chi connectivity index (χ3v) is 5.47. The lowest BCUT2D eigenvalue weighted by atomic mass is 10.1. The molecular formula is C24H25N3O2. The van der Waals surface area contributed by atoms with E-state index in [4.69, 9.17) is 0 Å². The van der Waals surface area contributed by atoms with Gasteiger partial charge < -0.3 is 10.2 Å². The van der Waals surface area contributed by atoms with Gasteiger partial charge in [0.15, 0.2) is 0 Å². The zero-order valence-corrected chi connectivity index (χ0v) is 16.8. The Morgan fingerprint density at radius 1 is 1.14 bits per heavy atom. The third kappa shape index (κ3) is 4.29. The molecule has 0 spiro atoms. The van der Waals surface area contributed by atoms with Crippen molar-refractivity contribution in [2.24, 2.45) is 5.92 Å². The molecule has 1 atom stereocenters. The lowest BCUT2D eigenvalue weighted by Crippen LogP contribution is -2.31. The molecule has 0 saturated carbocycles. The van der Waals surface area contributed by atoms with Crippen LogP contribution in [0.4, 0.5) is 0 Å². The van der Waals surface area contributed by atoms with Crippen molar-refractivity contribution in [2.75, 3.05) is 13.1 Å². The van der Waals surface area contributed by atoms with E-state index in [1.54, 1.807) is 0 Å². The van der Waals surface area contributed by atoms with E-state index in [9.17, 15) is 9.59 Å². The van der Waals surface area contributed by atoms with Crippen LogP contribution in [0, 0.1) is 19.8 Å². The number of benzene rings is 2. The number of amides is 2. The lowest BCUT2D eigenvalue weighted by Gasteiger charge is -2.17. The maximum atomic E-state index is 12.7. The van der Waals surface area contributed by atoms with E-state index in [0.29, 0.717) is 37.3 Å². The second-order valence-electron chi connectivity index (χ2n) is 7.86. The van der Waals surface area contributed by atoms with Crippen molar-refractivity contribution in [3.8, 4) is 0 Å². The predicted molar refractivity (Wildman–Crippen MR) is 114 cm³/mol. The van der Waals surface area contributed by atoms with Crippen LogP contribution in [0.1, 0.15) is 33.6 Å². The van der Waals surface area contributed by atoms with E-state index in [1.807, 2.05) is 73.3 Å². The van der Waals surface area contributed by atoms with E-state index < -0.39 is 0 Å². The molecule has 0 aliphatic carbocycles. The van der Waals surface area contributed by atoms with Crippen molar-refractivity contribution in [3.63, 3.8) is 0 Å². The Bertz CT molecular complexity index is 1060. The summed E-state index contributed by atoms with van der Waals surface area (Å²) in [4.78, 5) is 31.5. The highest BCUT2D eigenvalue weighted by Gasteiger charge is 2.29. The molecule has 1 N–H and O–H groups in total. The Morgan fingerprint density at radius 2 is 1.93 bits per heavy atom. The quantitative estimate of drug-likeness (QED) is 0.727. The standard InChI is InChI=1S/C24H25N3O2/c1-16-8-9-20-12-21(17(2)26-22(20)10-16)24(29)25-13-19-11-23(28)27(15-19)14-18-6-4-3-5-7-18/h3-10,12,19H,11,13-15H2,1-2H3,(H,25,29)/t19-/m1/s1. The zero-order valence-electron chi connectivity index (χ0n) is 16.8. The summed E-state index contributed by atoms with van der Waals surface area (Å²) in [6.45, 7) is 5.67. The molecule has 0 radical (unpaired) electrons. The SMILES string of the molecule is Cc1ccc2cc(C(=O)NC[C@H]3CC(=O)N(Cc4ccccc4)C3)c(C)nc2c1. The number of carbonyl (C=O) groups excluding carboxylic acids is 2. The Balaban J connectivity index is 1.38. The molecule has 2 amide bonds. The smallest absolute Gasteiger partial charge is 0.253 e. The first kappa shape index (κ1) is 19.1. The Labute approximate surface area is 170 Å². The number of carbonyl (C=O) groups is 2. The first-order valence-electron chi connectivity index (χ1n) is 9.97.